The van der Waals surface area contributed by atoms with Gasteiger partial charge in [-0.2, -0.15) is 5.10 Å². The zero-order chi connectivity index (χ0) is 23.9. The second-order valence-corrected chi connectivity index (χ2v) is 8.39. The first-order chi connectivity index (χ1) is 17.1. The van der Waals surface area contributed by atoms with Crippen molar-refractivity contribution in [2.45, 2.75) is 6.92 Å². The molecule has 0 aliphatic heterocycles. The van der Waals surface area contributed by atoms with E-state index in [0.29, 0.717) is 28.4 Å². The molecule has 0 saturated heterocycles. The van der Waals surface area contributed by atoms with Gasteiger partial charge in [0.1, 0.15) is 17.2 Å². The van der Waals surface area contributed by atoms with Crippen molar-refractivity contribution in [2.24, 2.45) is 7.05 Å². The first-order valence-corrected chi connectivity index (χ1v) is 11.3. The lowest BCUT2D eigenvalue weighted by molar-refractivity contribution is 0.102. The van der Waals surface area contributed by atoms with E-state index < -0.39 is 0 Å². The highest BCUT2D eigenvalue weighted by atomic mass is 16.1. The molecule has 2 aromatic carbocycles. The molecule has 7 heteroatoms. The summed E-state index contributed by atoms with van der Waals surface area (Å²) in [5, 5.41) is 8.42. The van der Waals surface area contributed by atoms with Gasteiger partial charge in [0, 0.05) is 24.4 Å². The lowest BCUT2D eigenvalue weighted by Gasteiger charge is -2.11. The molecule has 0 fully saturated rings. The maximum atomic E-state index is 13.9. The van der Waals surface area contributed by atoms with Gasteiger partial charge in [-0.15, -0.1) is 0 Å². The molecule has 1 amide bonds. The Bertz CT molecular complexity index is 1700. The van der Waals surface area contributed by atoms with Crippen LogP contribution in [0.4, 0.5) is 5.82 Å². The number of imidazole rings is 1. The minimum Gasteiger partial charge on any atom is -0.306 e. The van der Waals surface area contributed by atoms with Crippen LogP contribution in [-0.4, -0.2) is 30.1 Å². The van der Waals surface area contributed by atoms with E-state index in [1.165, 1.54) is 0 Å². The van der Waals surface area contributed by atoms with E-state index in [2.05, 4.69) is 10.4 Å². The fraction of sp³-hybridized carbons (Fsp3) is 0.0714. The highest BCUT2D eigenvalue weighted by Crippen LogP contribution is 2.31. The van der Waals surface area contributed by atoms with Crippen molar-refractivity contribution in [1.82, 2.24) is 24.1 Å². The van der Waals surface area contributed by atoms with Crippen molar-refractivity contribution >= 4 is 28.4 Å². The number of carbonyl (C=O) groups excluding carboxylic acids is 1. The highest BCUT2D eigenvalue weighted by molar-refractivity contribution is 6.14. The van der Waals surface area contributed by atoms with Crippen LogP contribution >= 0.6 is 0 Å². The molecule has 0 aliphatic rings. The van der Waals surface area contributed by atoms with Gasteiger partial charge in [0.25, 0.3) is 5.91 Å². The van der Waals surface area contributed by atoms with E-state index in [1.54, 1.807) is 4.68 Å². The Morgan fingerprint density at radius 3 is 2.29 bits per heavy atom. The van der Waals surface area contributed by atoms with Crippen molar-refractivity contribution < 1.29 is 4.79 Å². The minimum absolute atomic E-state index is 0.242. The summed E-state index contributed by atoms with van der Waals surface area (Å²) in [6.07, 6.45) is 1.90. The van der Waals surface area contributed by atoms with E-state index in [1.807, 2.05) is 109 Å². The summed E-state index contributed by atoms with van der Waals surface area (Å²) in [5.74, 6) is 0.373. The van der Waals surface area contributed by atoms with Gasteiger partial charge < -0.3 is 5.32 Å². The molecule has 0 aliphatic carbocycles. The van der Waals surface area contributed by atoms with Crippen LogP contribution in [0, 0.1) is 6.92 Å². The summed E-state index contributed by atoms with van der Waals surface area (Å²) in [5.41, 5.74) is 5.97. The van der Waals surface area contributed by atoms with Gasteiger partial charge in [-0.25, -0.2) is 9.97 Å². The molecular weight excluding hydrogens is 436 g/mol. The van der Waals surface area contributed by atoms with Crippen molar-refractivity contribution in [3.05, 3.63) is 102 Å². The molecular formula is C28H22N6O. The van der Waals surface area contributed by atoms with Crippen molar-refractivity contribution in [1.29, 1.82) is 0 Å². The Morgan fingerprint density at radius 1 is 0.857 bits per heavy atom. The normalized spacial score (nSPS) is 11.3. The summed E-state index contributed by atoms with van der Waals surface area (Å²) >= 11 is 0. The molecule has 1 N–H and O–H groups in total. The summed E-state index contributed by atoms with van der Waals surface area (Å²) < 4.78 is 3.62. The second-order valence-electron chi connectivity index (χ2n) is 8.39. The van der Waals surface area contributed by atoms with Crippen LogP contribution in [0.15, 0.2) is 91.1 Å². The third-order valence-corrected chi connectivity index (χ3v) is 6.09. The smallest absolute Gasteiger partial charge is 0.257 e. The van der Waals surface area contributed by atoms with Crippen LogP contribution < -0.4 is 5.32 Å². The number of nitrogens with one attached hydrogen (secondary N) is 1. The molecule has 0 spiro atoms. The SMILES string of the molecule is Cc1nn(C)c2nc(-c3ccccc3)cc(C(=O)Nc3c(-c4ccccc4)nc4ccccn34)c12. The topological polar surface area (TPSA) is 77.1 Å². The molecule has 170 valence electrons. The second kappa shape index (κ2) is 8.22. The Labute approximate surface area is 201 Å². The van der Waals surface area contributed by atoms with E-state index in [0.717, 1.165) is 27.9 Å². The number of aromatic nitrogens is 5. The molecule has 0 saturated carbocycles. The van der Waals surface area contributed by atoms with Gasteiger partial charge in [0.15, 0.2) is 5.65 Å². The van der Waals surface area contributed by atoms with Gasteiger partial charge >= 0.3 is 0 Å². The number of nitrogens with zero attached hydrogens (tertiary/aromatic N) is 5. The summed E-state index contributed by atoms with van der Waals surface area (Å²) in [6.45, 7) is 1.90. The number of anilines is 1. The number of hydrogen-bond acceptors (Lipinski definition) is 4. The maximum absolute atomic E-state index is 13.9. The molecule has 35 heavy (non-hydrogen) atoms. The van der Waals surface area contributed by atoms with Crippen LogP contribution in [0.5, 0.6) is 0 Å². The molecule has 0 atom stereocenters. The van der Waals surface area contributed by atoms with E-state index in [4.69, 9.17) is 9.97 Å². The third kappa shape index (κ3) is 3.54. The molecule has 4 aromatic heterocycles. The first-order valence-electron chi connectivity index (χ1n) is 11.3. The molecule has 0 bridgehead atoms. The van der Waals surface area contributed by atoms with Crippen molar-refractivity contribution in [3.63, 3.8) is 0 Å². The third-order valence-electron chi connectivity index (χ3n) is 6.09. The molecule has 4 heterocycles. The van der Waals surface area contributed by atoms with Crippen LogP contribution in [-0.2, 0) is 7.05 Å². The molecule has 6 aromatic rings. The Hall–Kier alpha value is -4.78. The van der Waals surface area contributed by atoms with Gasteiger partial charge in [-0.05, 0) is 25.1 Å². The van der Waals surface area contributed by atoms with Gasteiger partial charge in [-0.1, -0.05) is 66.7 Å². The summed E-state index contributed by atoms with van der Waals surface area (Å²) in [4.78, 5) is 23.5. The Balaban J connectivity index is 1.52. The largest absolute Gasteiger partial charge is 0.306 e. The number of hydrogen-bond donors (Lipinski definition) is 1. The van der Waals surface area contributed by atoms with Gasteiger partial charge in [0.2, 0.25) is 0 Å². The van der Waals surface area contributed by atoms with E-state index in [-0.39, 0.29) is 5.91 Å². The van der Waals surface area contributed by atoms with Crippen LogP contribution in [0.1, 0.15) is 16.1 Å². The highest BCUT2D eigenvalue weighted by Gasteiger charge is 2.22. The van der Waals surface area contributed by atoms with E-state index >= 15 is 0 Å². The van der Waals surface area contributed by atoms with Crippen molar-refractivity contribution in [2.75, 3.05) is 5.32 Å². The van der Waals surface area contributed by atoms with Gasteiger partial charge in [-0.3, -0.25) is 13.9 Å². The number of amides is 1. The Kier molecular flexibility index (Phi) is 4.88. The average Bonchev–Trinajstić information content (AvgIpc) is 3.41. The number of aryl methyl sites for hydroxylation is 2. The van der Waals surface area contributed by atoms with E-state index in [9.17, 15) is 4.79 Å². The monoisotopic (exact) mass is 458 g/mol. The lowest BCUT2D eigenvalue weighted by atomic mass is 10.0. The first kappa shape index (κ1) is 20.8. The number of fused-ring (bicyclic) bond motifs is 2. The molecule has 6 rings (SSSR count). The fourth-order valence-electron chi connectivity index (χ4n) is 4.47. The maximum Gasteiger partial charge on any atom is 0.257 e. The Morgan fingerprint density at radius 2 is 1.54 bits per heavy atom. The lowest BCUT2D eigenvalue weighted by Crippen LogP contribution is -2.15. The zero-order valence-electron chi connectivity index (χ0n) is 19.3. The quantitative estimate of drug-likeness (QED) is 0.378. The zero-order valence-corrected chi connectivity index (χ0v) is 19.3. The summed E-state index contributed by atoms with van der Waals surface area (Å²) in [6, 6.07) is 27.3. The number of benzene rings is 2. The van der Waals surface area contributed by atoms with Crippen LogP contribution in [0.3, 0.4) is 0 Å². The number of pyridine rings is 2. The minimum atomic E-state index is -0.242. The molecule has 0 unspecified atom stereocenters. The predicted octanol–water partition coefficient (Wildman–Crippen LogP) is 5.51. The standard InChI is InChI=1S/C28H22N6O/c1-18-24-21(17-22(19-11-5-3-6-12-19)29-26(24)33(2)32-18)28(35)31-27-25(20-13-7-4-8-14-20)30-23-15-9-10-16-34(23)27/h3-17H,1-2H3,(H,31,35). The fourth-order valence-corrected chi connectivity index (χ4v) is 4.47. The van der Waals surface area contributed by atoms with Crippen LogP contribution in [0.2, 0.25) is 0 Å². The van der Waals surface area contributed by atoms with Crippen molar-refractivity contribution in [3.8, 4) is 22.5 Å². The number of rotatable bonds is 4. The molecule has 7 nitrogen and oxygen atoms in total. The number of carbonyl (C=O) groups is 1. The summed E-state index contributed by atoms with van der Waals surface area (Å²) in [7, 11) is 1.84. The average molecular weight is 459 g/mol. The van der Waals surface area contributed by atoms with Gasteiger partial charge in [0.05, 0.1) is 22.3 Å². The van der Waals surface area contributed by atoms with Crippen LogP contribution in [0.25, 0.3) is 39.2 Å². The molecule has 0 radical (unpaired) electrons. The predicted molar refractivity (Wildman–Crippen MR) is 137 cm³/mol.